The Balaban J connectivity index is 1.55. The van der Waals surface area contributed by atoms with E-state index in [1.807, 2.05) is 54.6 Å². The minimum atomic E-state index is -0.978. The number of aliphatic carboxylic acids is 1. The first-order valence-electron chi connectivity index (χ1n) is 12.0. The number of benzene rings is 3. The largest absolute Gasteiger partial charge is 0.481 e. The Morgan fingerprint density at radius 1 is 0.946 bits per heavy atom. The average molecular weight is 540 g/mol. The maximum Gasteiger partial charge on any atom is 0.319 e. The van der Waals surface area contributed by atoms with Crippen LogP contribution in [0.3, 0.4) is 0 Å². The number of anilines is 1. The van der Waals surface area contributed by atoms with Crippen molar-refractivity contribution >= 4 is 46.8 Å². The Hall–Kier alpha value is -3.55. The van der Waals surface area contributed by atoms with Crippen molar-refractivity contribution in [1.29, 1.82) is 0 Å². The molecule has 2 atom stereocenters. The second-order valence-corrected chi connectivity index (χ2v) is 9.81. The van der Waals surface area contributed by atoms with Gasteiger partial charge in [-0.25, -0.2) is 4.79 Å². The SMILES string of the molecule is O=C(O)C[C@H]1Cc2ccccc2CN1C(=O)[C@H](CCc1ccccc1)NC(=O)Nc1ccc(Cl)c(Cl)c1. The van der Waals surface area contributed by atoms with Crippen LogP contribution in [-0.4, -0.2) is 40.0 Å². The van der Waals surface area contributed by atoms with Crippen LogP contribution in [0.5, 0.6) is 0 Å². The molecule has 0 saturated heterocycles. The van der Waals surface area contributed by atoms with Gasteiger partial charge in [0.25, 0.3) is 0 Å². The zero-order valence-corrected chi connectivity index (χ0v) is 21.5. The normalized spacial score (nSPS) is 15.4. The summed E-state index contributed by atoms with van der Waals surface area (Å²) in [5.41, 5.74) is 3.46. The molecule has 9 heteroatoms. The predicted molar refractivity (Wildman–Crippen MR) is 144 cm³/mol. The Labute approximate surface area is 225 Å². The molecule has 192 valence electrons. The van der Waals surface area contributed by atoms with Crippen LogP contribution in [0, 0.1) is 0 Å². The Morgan fingerprint density at radius 3 is 2.35 bits per heavy atom. The standard InChI is InChI=1S/C28H27Cl2N3O4/c29-23-12-11-21(15-24(23)30)31-28(37)32-25(13-10-18-6-2-1-3-7-18)27(36)33-17-20-9-5-4-8-19(20)14-22(33)16-26(34)35/h1-9,11-12,15,22,25H,10,13-14,16-17H2,(H,34,35)(H2,31,32,37)/t22-,25+/m1/s1. The minimum Gasteiger partial charge on any atom is -0.481 e. The number of hydrogen-bond acceptors (Lipinski definition) is 3. The third-order valence-corrected chi connectivity index (χ3v) is 7.13. The van der Waals surface area contributed by atoms with Crippen molar-refractivity contribution in [1.82, 2.24) is 10.2 Å². The third-order valence-electron chi connectivity index (χ3n) is 6.39. The molecule has 37 heavy (non-hydrogen) atoms. The fourth-order valence-electron chi connectivity index (χ4n) is 4.54. The number of fused-ring (bicyclic) bond motifs is 1. The molecule has 7 nitrogen and oxygen atoms in total. The summed E-state index contributed by atoms with van der Waals surface area (Å²) >= 11 is 12.0. The Morgan fingerprint density at radius 2 is 1.65 bits per heavy atom. The summed E-state index contributed by atoms with van der Waals surface area (Å²) in [6, 6.07) is 20.1. The van der Waals surface area contributed by atoms with Crippen LogP contribution in [0.15, 0.2) is 72.8 Å². The number of carbonyl (C=O) groups is 3. The summed E-state index contributed by atoms with van der Waals surface area (Å²) in [7, 11) is 0. The topological polar surface area (TPSA) is 98.7 Å². The van der Waals surface area contributed by atoms with Gasteiger partial charge < -0.3 is 20.6 Å². The van der Waals surface area contributed by atoms with Gasteiger partial charge in [0.15, 0.2) is 0 Å². The average Bonchev–Trinajstić information content (AvgIpc) is 2.88. The number of hydrogen-bond donors (Lipinski definition) is 3. The molecule has 0 aliphatic carbocycles. The zero-order chi connectivity index (χ0) is 26.4. The molecule has 1 aliphatic heterocycles. The monoisotopic (exact) mass is 539 g/mol. The Kier molecular flexibility index (Phi) is 8.69. The van der Waals surface area contributed by atoms with Crippen LogP contribution >= 0.6 is 23.2 Å². The van der Waals surface area contributed by atoms with Crippen molar-refractivity contribution in [2.75, 3.05) is 5.32 Å². The maximum atomic E-state index is 13.9. The minimum absolute atomic E-state index is 0.180. The number of carbonyl (C=O) groups excluding carboxylic acids is 2. The lowest BCUT2D eigenvalue weighted by Crippen LogP contribution is -2.54. The number of aryl methyl sites for hydroxylation is 1. The lowest BCUT2D eigenvalue weighted by Gasteiger charge is -2.38. The van der Waals surface area contributed by atoms with Gasteiger partial charge in [0.2, 0.25) is 5.91 Å². The van der Waals surface area contributed by atoms with E-state index >= 15 is 0 Å². The van der Waals surface area contributed by atoms with E-state index in [9.17, 15) is 19.5 Å². The van der Waals surface area contributed by atoms with Gasteiger partial charge in [0, 0.05) is 18.3 Å². The van der Waals surface area contributed by atoms with E-state index in [1.54, 1.807) is 17.0 Å². The molecule has 0 fully saturated rings. The lowest BCUT2D eigenvalue weighted by atomic mass is 9.91. The van der Waals surface area contributed by atoms with Gasteiger partial charge in [-0.1, -0.05) is 77.8 Å². The van der Waals surface area contributed by atoms with Crippen LogP contribution < -0.4 is 10.6 Å². The van der Waals surface area contributed by atoms with E-state index in [-0.39, 0.29) is 18.9 Å². The molecular formula is C28H27Cl2N3O4. The van der Waals surface area contributed by atoms with Gasteiger partial charge >= 0.3 is 12.0 Å². The van der Waals surface area contributed by atoms with Crippen molar-refractivity contribution < 1.29 is 19.5 Å². The van der Waals surface area contributed by atoms with Crippen LogP contribution in [0.2, 0.25) is 10.0 Å². The molecule has 0 saturated carbocycles. The molecule has 4 rings (SSSR count). The highest BCUT2D eigenvalue weighted by atomic mass is 35.5. The molecule has 1 heterocycles. The zero-order valence-electron chi connectivity index (χ0n) is 20.0. The highest BCUT2D eigenvalue weighted by Gasteiger charge is 2.35. The van der Waals surface area contributed by atoms with Crippen LogP contribution in [0.25, 0.3) is 0 Å². The van der Waals surface area contributed by atoms with Crippen molar-refractivity contribution in [2.24, 2.45) is 0 Å². The summed E-state index contributed by atoms with van der Waals surface area (Å²) in [5, 5.41) is 15.7. The fourth-order valence-corrected chi connectivity index (χ4v) is 4.84. The van der Waals surface area contributed by atoms with Gasteiger partial charge in [-0.05, 0) is 54.2 Å². The van der Waals surface area contributed by atoms with Crippen molar-refractivity contribution in [2.45, 2.75) is 44.3 Å². The maximum absolute atomic E-state index is 13.9. The van der Waals surface area contributed by atoms with E-state index in [4.69, 9.17) is 23.2 Å². The first-order chi connectivity index (χ1) is 17.8. The van der Waals surface area contributed by atoms with E-state index in [2.05, 4.69) is 10.6 Å². The van der Waals surface area contributed by atoms with Gasteiger partial charge in [-0.3, -0.25) is 9.59 Å². The lowest BCUT2D eigenvalue weighted by molar-refractivity contribution is -0.142. The third kappa shape index (κ3) is 7.02. The van der Waals surface area contributed by atoms with Crippen LogP contribution in [0.4, 0.5) is 10.5 Å². The molecule has 0 radical (unpaired) electrons. The molecule has 1 aliphatic rings. The first kappa shape index (κ1) is 26.5. The highest BCUT2D eigenvalue weighted by Crippen LogP contribution is 2.27. The van der Waals surface area contributed by atoms with Gasteiger partial charge in [-0.15, -0.1) is 0 Å². The molecular weight excluding hydrogens is 513 g/mol. The second kappa shape index (κ2) is 12.1. The molecule has 0 unspecified atom stereocenters. The summed E-state index contributed by atoms with van der Waals surface area (Å²) < 4.78 is 0. The molecule has 0 aromatic heterocycles. The second-order valence-electron chi connectivity index (χ2n) is 8.99. The van der Waals surface area contributed by atoms with Gasteiger partial charge in [0.05, 0.1) is 16.5 Å². The molecule has 0 spiro atoms. The number of rotatable bonds is 8. The number of carboxylic acids is 1. The Bertz CT molecular complexity index is 1290. The van der Waals surface area contributed by atoms with Crippen molar-refractivity contribution in [3.8, 4) is 0 Å². The molecule has 3 N–H and O–H groups in total. The molecule has 0 bridgehead atoms. The van der Waals surface area contributed by atoms with Crippen molar-refractivity contribution in [3.63, 3.8) is 0 Å². The summed E-state index contributed by atoms with van der Waals surface area (Å²) in [4.78, 5) is 40.0. The molecule has 3 aromatic rings. The van der Waals surface area contributed by atoms with Crippen LogP contribution in [-0.2, 0) is 29.0 Å². The van der Waals surface area contributed by atoms with E-state index < -0.39 is 24.1 Å². The van der Waals surface area contributed by atoms with E-state index in [1.165, 1.54) is 6.07 Å². The number of halogens is 2. The fraction of sp³-hybridized carbons (Fsp3) is 0.250. The summed E-state index contributed by atoms with van der Waals surface area (Å²) in [6.45, 7) is 0.283. The number of amides is 3. The molecule has 3 aromatic carbocycles. The van der Waals surface area contributed by atoms with Crippen LogP contribution in [0.1, 0.15) is 29.5 Å². The van der Waals surface area contributed by atoms with Crippen molar-refractivity contribution in [3.05, 3.63) is 99.5 Å². The van der Waals surface area contributed by atoms with Gasteiger partial charge in [0.1, 0.15) is 6.04 Å². The highest BCUT2D eigenvalue weighted by molar-refractivity contribution is 6.42. The first-order valence-corrected chi connectivity index (χ1v) is 12.7. The summed E-state index contributed by atoms with van der Waals surface area (Å²) in [6.07, 6.45) is 1.16. The predicted octanol–water partition coefficient (Wildman–Crippen LogP) is 5.54. The summed E-state index contributed by atoms with van der Waals surface area (Å²) in [5.74, 6) is -1.30. The number of nitrogens with one attached hydrogen (secondary N) is 2. The smallest absolute Gasteiger partial charge is 0.319 e. The van der Waals surface area contributed by atoms with Gasteiger partial charge in [-0.2, -0.15) is 0 Å². The quantitative estimate of drug-likeness (QED) is 0.349. The molecule has 3 amide bonds. The number of carboxylic acid groups (broad SMARTS) is 1. The van der Waals surface area contributed by atoms with E-state index in [0.29, 0.717) is 35.0 Å². The number of nitrogens with zero attached hydrogens (tertiary/aromatic N) is 1. The number of urea groups is 1. The van der Waals surface area contributed by atoms with E-state index in [0.717, 1.165) is 16.7 Å².